The second kappa shape index (κ2) is 5.55. The zero-order valence-electron chi connectivity index (χ0n) is 11.5. The lowest BCUT2D eigenvalue weighted by molar-refractivity contribution is -0.119. The smallest absolute Gasteiger partial charge is 0.163 e. The van der Waals surface area contributed by atoms with Gasteiger partial charge in [0, 0.05) is 10.9 Å². The number of allylic oxidation sites excluding steroid dienone is 1. The number of Topliss-reactive ketones (excluding diaryl/α,β-unsaturated/α-hetero) is 2. The van der Waals surface area contributed by atoms with Crippen LogP contribution in [0.3, 0.4) is 0 Å². The monoisotopic (exact) mass is 287 g/mol. The maximum absolute atomic E-state index is 11.5. The van der Waals surface area contributed by atoms with Gasteiger partial charge in [0.2, 0.25) is 0 Å². The second-order valence-corrected chi connectivity index (χ2v) is 5.09. The highest BCUT2D eigenvalue weighted by Gasteiger charge is 2.11. The maximum Gasteiger partial charge on any atom is 0.163 e. The molecule has 2 aromatic rings. The van der Waals surface area contributed by atoms with Crippen LogP contribution in [0, 0.1) is 6.92 Å². The highest BCUT2D eigenvalue weighted by molar-refractivity contribution is 6.32. The number of carbonyl (C=O) groups is 2. The van der Waals surface area contributed by atoms with Gasteiger partial charge in [-0.05, 0) is 44.5 Å². The molecular formula is C16H14ClNO2. The molecule has 0 spiro atoms. The van der Waals surface area contributed by atoms with Crippen LogP contribution in [0.1, 0.15) is 25.0 Å². The normalized spacial score (nSPS) is 10.4. The lowest BCUT2D eigenvalue weighted by Gasteiger charge is -2.05. The van der Waals surface area contributed by atoms with Crippen LogP contribution in [0.25, 0.3) is 17.0 Å². The molecular weight excluding hydrogens is 274 g/mol. The summed E-state index contributed by atoms with van der Waals surface area (Å²) >= 11 is 6.13. The van der Waals surface area contributed by atoms with E-state index in [0.717, 1.165) is 16.5 Å². The van der Waals surface area contributed by atoms with Crippen LogP contribution in [0.2, 0.25) is 5.15 Å². The molecule has 4 heteroatoms. The third-order valence-electron chi connectivity index (χ3n) is 3.01. The summed E-state index contributed by atoms with van der Waals surface area (Å²) in [6.45, 7) is 4.70. The van der Waals surface area contributed by atoms with Crippen molar-refractivity contribution in [2.45, 2.75) is 20.8 Å². The number of benzene rings is 1. The van der Waals surface area contributed by atoms with Crippen molar-refractivity contribution in [3.05, 3.63) is 46.1 Å². The number of fused-ring (bicyclic) bond motifs is 1. The molecule has 20 heavy (non-hydrogen) atoms. The molecule has 0 saturated heterocycles. The fourth-order valence-electron chi connectivity index (χ4n) is 1.98. The van der Waals surface area contributed by atoms with Crippen LogP contribution in [-0.4, -0.2) is 16.6 Å². The van der Waals surface area contributed by atoms with E-state index in [1.54, 1.807) is 0 Å². The Morgan fingerprint density at radius 1 is 1.15 bits per heavy atom. The Labute approximate surface area is 122 Å². The molecule has 0 radical (unpaired) electrons. The van der Waals surface area contributed by atoms with Crippen LogP contribution < -0.4 is 0 Å². The molecule has 0 fully saturated rings. The van der Waals surface area contributed by atoms with E-state index in [0.29, 0.717) is 5.56 Å². The van der Waals surface area contributed by atoms with Crippen LogP contribution in [0.5, 0.6) is 0 Å². The average molecular weight is 288 g/mol. The SMILES string of the molecule is CC(=O)C(=Cc1cc2ccc(C)cc2nc1Cl)C(C)=O. The zero-order valence-corrected chi connectivity index (χ0v) is 12.3. The molecule has 1 aromatic carbocycles. The fraction of sp³-hybridized carbons (Fsp3) is 0.188. The van der Waals surface area contributed by atoms with Crippen LogP contribution in [0.4, 0.5) is 0 Å². The van der Waals surface area contributed by atoms with E-state index in [1.165, 1.54) is 19.9 Å². The van der Waals surface area contributed by atoms with Gasteiger partial charge in [-0.1, -0.05) is 23.7 Å². The molecule has 3 nitrogen and oxygen atoms in total. The van der Waals surface area contributed by atoms with Crippen LogP contribution in [0.15, 0.2) is 29.8 Å². The number of hydrogen-bond donors (Lipinski definition) is 0. The minimum atomic E-state index is -0.280. The van der Waals surface area contributed by atoms with Gasteiger partial charge in [-0.25, -0.2) is 4.98 Å². The molecule has 0 N–H and O–H groups in total. The highest BCUT2D eigenvalue weighted by Crippen LogP contribution is 2.23. The molecule has 0 unspecified atom stereocenters. The van der Waals surface area contributed by atoms with Crippen molar-refractivity contribution < 1.29 is 9.59 Å². The Morgan fingerprint density at radius 2 is 1.80 bits per heavy atom. The minimum Gasteiger partial charge on any atom is -0.294 e. The van der Waals surface area contributed by atoms with E-state index in [4.69, 9.17) is 11.6 Å². The van der Waals surface area contributed by atoms with E-state index < -0.39 is 0 Å². The average Bonchev–Trinajstić information content (AvgIpc) is 2.35. The topological polar surface area (TPSA) is 47.0 Å². The van der Waals surface area contributed by atoms with Crippen molar-refractivity contribution in [2.75, 3.05) is 0 Å². The quantitative estimate of drug-likeness (QED) is 0.374. The Hall–Kier alpha value is -2.00. The van der Waals surface area contributed by atoms with Crippen molar-refractivity contribution in [1.29, 1.82) is 0 Å². The zero-order chi connectivity index (χ0) is 14.9. The minimum absolute atomic E-state index is 0.125. The van der Waals surface area contributed by atoms with Gasteiger partial charge in [0.05, 0.1) is 11.1 Å². The number of halogens is 1. The van der Waals surface area contributed by atoms with Crippen molar-refractivity contribution in [3.63, 3.8) is 0 Å². The van der Waals surface area contributed by atoms with E-state index in [2.05, 4.69) is 4.98 Å². The largest absolute Gasteiger partial charge is 0.294 e. The third kappa shape index (κ3) is 2.94. The van der Waals surface area contributed by atoms with Gasteiger partial charge in [0.1, 0.15) is 5.15 Å². The molecule has 0 bridgehead atoms. The van der Waals surface area contributed by atoms with Gasteiger partial charge in [-0.3, -0.25) is 9.59 Å². The number of aromatic nitrogens is 1. The Balaban J connectivity index is 2.63. The van der Waals surface area contributed by atoms with Gasteiger partial charge >= 0.3 is 0 Å². The van der Waals surface area contributed by atoms with Gasteiger partial charge in [0.25, 0.3) is 0 Å². The molecule has 0 atom stereocenters. The molecule has 0 aliphatic rings. The van der Waals surface area contributed by atoms with Gasteiger partial charge in [-0.2, -0.15) is 0 Å². The molecule has 0 amide bonds. The Kier molecular flexibility index (Phi) is 4.00. The molecule has 0 aliphatic heterocycles. The number of aryl methyl sites for hydroxylation is 1. The number of pyridine rings is 1. The highest BCUT2D eigenvalue weighted by atomic mass is 35.5. The van der Waals surface area contributed by atoms with Crippen LogP contribution >= 0.6 is 11.6 Å². The number of hydrogen-bond acceptors (Lipinski definition) is 3. The van der Waals surface area contributed by atoms with E-state index in [9.17, 15) is 9.59 Å². The summed E-state index contributed by atoms with van der Waals surface area (Å²) < 4.78 is 0. The summed E-state index contributed by atoms with van der Waals surface area (Å²) in [4.78, 5) is 27.2. The first-order valence-electron chi connectivity index (χ1n) is 6.19. The van der Waals surface area contributed by atoms with Crippen molar-refractivity contribution in [2.24, 2.45) is 0 Å². The molecule has 0 aliphatic carbocycles. The Morgan fingerprint density at radius 3 is 2.40 bits per heavy atom. The summed E-state index contributed by atoms with van der Waals surface area (Å²) in [5.41, 5.74) is 2.58. The summed E-state index contributed by atoms with van der Waals surface area (Å²) in [6, 6.07) is 7.68. The summed E-state index contributed by atoms with van der Waals surface area (Å²) in [6.07, 6.45) is 1.50. The van der Waals surface area contributed by atoms with Crippen molar-refractivity contribution in [1.82, 2.24) is 4.98 Å². The standard InChI is InChI=1S/C16H14ClNO2/c1-9-4-5-12-7-13(16(17)18-15(12)6-9)8-14(10(2)19)11(3)20/h4-8H,1-3H3. The van der Waals surface area contributed by atoms with E-state index in [-0.39, 0.29) is 22.3 Å². The first kappa shape index (κ1) is 14.4. The summed E-state index contributed by atoms with van der Waals surface area (Å²) in [5, 5.41) is 1.20. The third-order valence-corrected chi connectivity index (χ3v) is 3.31. The molecule has 2 rings (SSSR count). The lowest BCUT2D eigenvalue weighted by Crippen LogP contribution is -2.05. The first-order chi connectivity index (χ1) is 9.38. The van der Waals surface area contributed by atoms with Gasteiger partial charge in [-0.15, -0.1) is 0 Å². The van der Waals surface area contributed by atoms with Crippen molar-refractivity contribution >= 4 is 40.1 Å². The molecule has 0 saturated carbocycles. The molecule has 1 aromatic heterocycles. The predicted molar refractivity (Wildman–Crippen MR) is 80.8 cm³/mol. The van der Waals surface area contributed by atoms with Gasteiger partial charge < -0.3 is 0 Å². The summed E-state index contributed by atoms with van der Waals surface area (Å²) in [7, 11) is 0. The summed E-state index contributed by atoms with van der Waals surface area (Å²) in [5.74, 6) is -0.560. The lowest BCUT2D eigenvalue weighted by atomic mass is 10.0. The Bertz CT molecular complexity index is 731. The molecule has 102 valence electrons. The van der Waals surface area contributed by atoms with Crippen molar-refractivity contribution in [3.8, 4) is 0 Å². The fourth-order valence-corrected chi connectivity index (χ4v) is 2.18. The number of ketones is 2. The first-order valence-corrected chi connectivity index (χ1v) is 6.57. The number of carbonyl (C=O) groups excluding carboxylic acids is 2. The molecule has 1 heterocycles. The van der Waals surface area contributed by atoms with Crippen LogP contribution in [-0.2, 0) is 9.59 Å². The number of nitrogens with zero attached hydrogens (tertiary/aromatic N) is 1. The van der Waals surface area contributed by atoms with Gasteiger partial charge in [0.15, 0.2) is 11.6 Å². The predicted octanol–water partition coefficient (Wildman–Crippen LogP) is 3.76. The van der Waals surface area contributed by atoms with E-state index in [1.807, 2.05) is 31.2 Å². The van der Waals surface area contributed by atoms with E-state index >= 15 is 0 Å². The number of rotatable bonds is 3. The second-order valence-electron chi connectivity index (χ2n) is 4.73. The maximum atomic E-state index is 11.5.